The van der Waals surface area contributed by atoms with Crippen LogP contribution >= 0.6 is 11.8 Å². The lowest BCUT2D eigenvalue weighted by atomic mass is 10.1. The van der Waals surface area contributed by atoms with Crippen LogP contribution in [-0.2, 0) is 0 Å². The van der Waals surface area contributed by atoms with E-state index in [-0.39, 0.29) is 11.5 Å². The fourth-order valence-electron chi connectivity index (χ4n) is 4.06. The molecule has 2 aromatic heterocycles. The second-order valence-corrected chi connectivity index (χ2v) is 9.16. The lowest BCUT2D eigenvalue weighted by molar-refractivity contribution is 0.343. The van der Waals surface area contributed by atoms with E-state index in [2.05, 4.69) is 38.7 Å². The number of imidazole rings is 1. The van der Waals surface area contributed by atoms with Crippen LogP contribution in [0.25, 0.3) is 16.7 Å². The predicted octanol–water partition coefficient (Wildman–Crippen LogP) is 4.87. The van der Waals surface area contributed by atoms with Crippen molar-refractivity contribution < 1.29 is 0 Å². The van der Waals surface area contributed by atoms with Crippen molar-refractivity contribution in [3.05, 3.63) is 113 Å². The Labute approximate surface area is 200 Å². The molecule has 168 valence electrons. The van der Waals surface area contributed by atoms with Gasteiger partial charge in [0.1, 0.15) is 5.69 Å². The van der Waals surface area contributed by atoms with Gasteiger partial charge in [0.15, 0.2) is 5.16 Å². The maximum atomic E-state index is 12.7. The van der Waals surface area contributed by atoms with Gasteiger partial charge >= 0.3 is 0 Å². The first-order chi connectivity index (χ1) is 16.7. The number of fused-ring (bicyclic) bond motifs is 1. The normalized spacial score (nSPS) is 17.5. The SMILES string of the molecule is O=c1ccn(-c2cccc(Sc3nc4ccccc4[nH]3)c2)nc1C1C=CN(C2=CCCC=C2)N1. The minimum absolute atomic E-state index is 0.0961. The molecule has 0 bridgehead atoms. The lowest BCUT2D eigenvalue weighted by Gasteiger charge is -2.22. The number of H-pyrrole nitrogens is 1. The van der Waals surface area contributed by atoms with Gasteiger partial charge in [-0.05, 0) is 55.3 Å². The summed E-state index contributed by atoms with van der Waals surface area (Å²) in [6, 6.07) is 17.3. The van der Waals surface area contributed by atoms with Crippen molar-refractivity contribution in [3.63, 3.8) is 0 Å². The summed E-state index contributed by atoms with van der Waals surface area (Å²) < 4.78 is 1.75. The van der Waals surface area contributed by atoms with Crippen molar-refractivity contribution in [1.82, 2.24) is 30.2 Å². The number of hydrogen-bond donors (Lipinski definition) is 2. The van der Waals surface area contributed by atoms with Crippen molar-refractivity contribution in [2.45, 2.75) is 28.9 Å². The molecule has 1 aliphatic carbocycles. The van der Waals surface area contributed by atoms with Crippen LogP contribution in [0.5, 0.6) is 0 Å². The predicted molar refractivity (Wildman–Crippen MR) is 133 cm³/mol. The highest BCUT2D eigenvalue weighted by Gasteiger charge is 2.23. The molecule has 6 rings (SSSR count). The monoisotopic (exact) mass is 466 g/mol. The summed E-state index contributed by atoms with van der Waals surface area (Å²) in [7, 11) is 0. The van der Waals surface area contributed by atoms with Crippen molar-refractivity contribution in [2.24, 2.45) is 0 Å². The van der Waals surface area contributed by atoms with E-state index in [9.17, 15) is 4.79 Å². The number of aromatic amines is 1. The molecule has 0 saturated heterocycles. The third kappa shape index (κ3) is 4.09. The fourth-order valence-corrected chi connectivity index (χ4v) is 4.91. The first-order valence-corrected chi connectivity index (χ1v) is 12.0. The van der Waals surface area contributed by atoms with Gasteiger partial charge in [-0.2, -0.15) is 5.10 Å². The zero-order valence-electron chi connectivity index (χ0n) is 18.3. The molecular weight excluding hydrogens is 444 g/mol. The Balaban J connectivity index is 1.25. The van der Waals surface area contributed by atoms with Gasteiger partial charge < -0.3 is 4.98 Å². The van der Waals surface area contributed by atoms with Crippen LogP contribution in [-0.4, -0.2) is 24.8 Å². The van der Waals surface area contributed by atoms with Crippen LogP contribution in [0.2, 0.25) is 0 Å². The van der Waals surface area contributed by atoms with E-state index in [1.807, 2.05) is 65.8 Å². The molecule has 2 aromatic carbocycles. The highest BCUT2D eigenvalue weighted by Crippen LogP contribution is 2.28. The number of nitrogens with one attached hydrogen (secondary N) is 2. The van der Waals surface area contributed by atoms with Gasteiger partial charge in [-0.25, -0.2) is 15.1 Å². The summed E-state index contributed by atoms with van der Waals surface area (Å²) in [6.45, 7) is 0. The zero-order chi connectivity index (χ0) is 22.9. The number of hydrogen-bond acceptors (Lipinski definition) is 6. The molecule has 1 atom stereocenters. The largest absolute Gasteiger partial charge is 0.333 e. The number of nitrogens with zero attached hydrogens (tertiary/aromatic N) is 4. The number of rotatable bonds is 5. The third-order valence-electron chi connectivity index (χ3n) is 5.75. The third-order valence-corrected chi connectivity index (χ3v) is 6.63. The summed E-state index contributed by atoms with van der Waals surface area (Å²) in [5, 5.41) is 7.46. The van der Waals surface area contributed by atoms with E-state index < -0.39 is 0 Å². The average molecular weight is 467 g/mol. The second-order valence-electron chi connectivity index (χ2n) is 8.10. The van der Waals surface area contributed by atoms with E-state index >= 15 is 0 Å². The van der Waals surface area contributed by atoms with Crippen LogP contribution in [0.1, 0.15) is 24.6 Å². The molecule has 0 radical (unpaired) electrons. The molecule has 7 nitrogen and oxygen atoms in total. The molecule has 3 heterocycles. The minimum atomic E-state index is -0.288. The van der Waals surface area contributed by atoms with Gasteiger partial charge in [0.25, 0.3) is 0 Å². The molecule has 0 amide bonds. The molecule has 0 fully saturated rings. The maximum Gasteiger partial charge on any atom is 0.205 e. The maximum absolute atomic E-state index is 12.7. The molecule has 1 aliphatic heterocycles. The molecular formula is C26H22N6OS. The lowest BCUT2D eigenvalue weighted by Crippen LogP contribution is -2.33. The molecule has 2 N–H and O–H groups in total. The van der Waals surface area contributed by atoms with Crippen LogP contribution in [0.3, 0.4) is 0 Å². The second kappa shape index (κ2) is 8.81. The van der Waals surface area contributed by atoms with Gasteiger partial charge in [0.05, 0.1) is 28.5 Å². The zero-order valence-corrected chi connectivity index (χ0v) is 19.1. The number of para-hydroxylation sites is 2. The van der Waals surface area contributed by atoms with Crippen LogP contribution in [0, 0.1) is 0 Å². The van der Waals surface area contributed by atoms with Gasteiger partial charge in [-0.1, -0.05) is 42.1 Å². The van der Waals surface area contributed by atoms with Crippen molar-refractivity contribution in [1.29, 1.82) is 0 Å². The highest BCUT2D eigenvalue weighted by atomic mass is 32.2. The minimum Gasteiger partial charge on any atom is -0.333 e. The molecule has 2 aliphatic rings. The van der Waals surface area contributed by atoms with E-state index in [1.165, 1.54) is 0 Å². The number of benzene rings is 2. The molecule has 34 heavy (non-hydrogen) atoms. The van der Waals surface area contributed by atoms with E-state index in [0.29, 0.717) is 5.69 Å². The van der Waals surface area contributed by atoms with Gasteiger partial charge in [0, 0.05) is 23.4 Å². The summed E-state index contributed by atoms with van der Waals surface area (Å²) >= 11 is 1.56. The Kier molecular flexibility index (Phi) is 5.37. The summed E-state index contributed by atoms with van der Waals surface area (Å²) in [5.41, 5.74) is 7.63. The van der Waals surface area contributed by atoms with Gasteiger partial charge in [-0.3, -0.25) is 9.80 Å². The van der Waals surface area contributed by atoms with Gasteiger partial charge in [-0.15, -0.1) is 0 Å². The molecule has 8 heteroatoms. The van der Waals surface area contributed by atoms with Gasteiger partial charge in [0.2, 0.25) is 5.43 Å². The molecule has 1 unspecified atom stereocenters. The summed E-state index contributed by atoms with van der Waals surface area (Å²) in [4.78, 5) is 21.7. The van der Waals surface area contributed by atoms with E-state index in [0.717, 1.165) is 45.3 Å². The van der Waals surface area contributed by atoms with Crippen molar-refractivity contribution in [3.8, 4) is 5.69 Å². The van der Waals surface area contributed by atoms with Crippen LogP contribution < -0.4 is 10.9 Å². The number of aromatic nitrogens is 4. The summed E-state index contributed by atoms with van der Waals surface area (Å²) in [6.07, 6.45) is 14.1. The first-order valence-electron chi connectivity index (χ1n) is 11.2. The fraction of sp³-hybridized carbons (Fsp3) is 0.115. The molecule has 0 saturated carbocycles. The average Bonchev–Trinajstić information content (AvgIpc) is 3.52. The summed E-state index contributed by atoms with van der Waals surface area (Å²) in [5.74, 6) is 0. The quantitative estimate of drug-likeness (QED) is 0.437. The topological polar surface area (TPSA) is 78.8 Å². The highest BCUT2D eigenvalue weighted by molar-refractivity contribution is 7.99. The number of hydrazine groups is 1. The Morgan fingerprint density at radius 2 is 2.00 bits per heavy atom. The van der Waals surface area contributed by atoms with E-state index in [1.54, 1.807) is 28.7 Å². The van der Waals surface area contributed by atoms with Crippen molar-refractivity contribution in [2.75, 3.05) is 0 Å². The Morgan fingerprint density at radius 3 is 2.88 bits per heavy atom. The van der Waals surface area contributed by atoms with E-state index in [4.69, 9.17) is 0 Å². The number of allylic oxidation sites excluding steroid dienone is 3. The molecule has 0 spiro atoms. The Bertz CT molecular complexity index is 1480. The Morgan fingerprint density at radius 1 is 1.06 bits per heavy atom. The van der Waals surface area contributed by atoms with Crippen LogP contribution in [0.15, 0.2) is 112 Å². The first kappa shape index (κ1) is 20.7. The van der Waals surface area contributed by atoms with Crippen molar-refractivity contribution >= 4 is 22.8 Å². The standard InChI is InChI=1S/C26H22N6OS/c33-24-14-16-32(30-25(24)23-13-15-31(29-23)18-7-2-1-3-8-18)19-9-6-10-20(17-19)34-26-27-21-11-4-5-12-22(21)28-26/h2,4-17,23,29H,1,3H2,(H,27,28). The smallest absolute Gasteiger partial charge is 0.205 e. The molecule has 4 aromatic rings. The van der Waals surface area contributed by atoms with Crippen LogP contribution in [0.4, 0.5) is 0 Å². The Hall–Kier alpha value is -3.88.